The Morgan fingerprint density at radius 1 is 1.25 bits per heavy atom. The van der Waals surface area contributed by atoms with Crippen LogP contribution in [0.1, 0.15) is 57.2 Å². The van der Waals surface area contributed by atoms with Crippen molar-refractivity contribution in [3.8, 4) is 0 Å². The van der Waals surface area contributed by atoms with Crippen molar-refractivity contribution in [2.24, 2.45) is 5.92 Å². The van der Waals surface area contributed by atoms with E-state index >= 15 is 0 Å². The van der Waals surface area contributed by atoms with Crippen molar-refractivity contribution in [2.45, 2.75) is 51.5 Å². The molecule has 0 aliphatic carbocycles. The van der Waals surface area contributed by atoms with Crippen LogP contribution in [-0.4, -0.2) is 37.2 Å². The topological polar surface area (TPSA) is 41.6 Å². The molecule has 0 saturated carbocycles. The second kappa shape index (κ2) is 7.14. The number of urea groups is 1. The summed E-state index contributed by atoms with van der Waals surface area (Å²) in [6.45, 7) is 9.85. The maximum atomic E-state index is 12.6. The SMILES string of the molecule is CC(C)(C)c1ccc([C@H]2CCCN2C(=O)NC[C@@H]2CCOC2)cc1. The molecule has 0 radical (unpaired) electrons. The van der Waals surface area contributed by atoms with Gasteiger partial charge in [-0.1, -0.05) is 45.0 Å². The van der Waals surface area contributed by atoms with Crippen molar-refractivity contribution in [3.63, 3.8) is 0 Å². The van der Waals surface area contributed by atoms with Crippen LogP contribution in [0, 0.1) is 5.92 Å². The Labute approximate surface area is 145 Å². The quantitative estimate of drug-likeness (QED) is 0.914. The number of carbonyl (C=O) groups excluding carboxylic acids is 1. The minimum atomic E-state index is 0.0734. The highest BCUT2D eigenvalue weighted by Crippen LogP contribution is 2.33. The van der Waals surface area contributed by atoms with Gasteiger partial charge in [-0.15, -0.1) is 0 Å². The van der Waals surface area contributed by atoms with E-state index in [2.05, 4.69) is 50.4 Å². The van der Waals surface area contributed by atoms with Gasteiger partial charge in [0.2, 0.25) is 0 Å². The molecule has 0 bridgehead atoms. The fraction of sp³-hybridized carbons (Fsp3) is 0.650. The van der Waals surface area contributed by atoms with Gasteiger partial charge in [0, 0.05) is 25.6 Å². The van der Waals surface area contributed by atoms with Crippen LogP contribution in [0.4, 0.5) is 4.79 Å². The summed E-state index contributed by atoms with van der Waals surface area (Å²) >= 11 is 0. The summed E-state index contributed by atoms with van der Waals surface area (Å²) in [4.78, 5) is 14.6. The first-order valence-corrected chi connectivity index (χ1v) is 9.18. The molecule has 2 atom stereocenters. The number of ether oxygens (including phenoxy) is 1. The van der Waals surface area contributed by atoms with E-state index in [0.29, 0.717) is 5.92 Å². The fourth-order valence-electron chi connectivity index (χ4n) is 3.64. The first-order valence-electron chi connectivity index (χ1n) is 9.18. The average molecular weight is 330 g/mol. The summed E-state index contributed by atoms with van der Waals surface area (Å²) in [5.74, 6) is 0.473. The summed E-state index contributed by atoms with van der Waals surface area (Å²) < 4.78 is 5.38. The smallest absolute Gasteiger partial charge is 0.317 e. The molecule has 0 unspecified atom stereocenters. The van der Waals surface area contributed by atoms with Crippen molar-refractivity contribution in [3.05, 3.63) is 35.4 Å². The molecule has 2 saturated heterocycles. The van der Waals surface area contributed by atoms with Crippen molar-refractivity contribution in [1.29, 1.82) is 0 Å². The highest BCUT2D eigenvalue weighted by atomic mass is 16.5. The molecule has 1 N–H and O–H groups in total. The minimum absolute atomic E-state index is 0.0734. The number of hydrogen-bond donors (Lipinski definition) is 1. The van der Waals surface area contributed by atoms with Gasteiger partial charge in [-0.05, 0) is 35.8 Å². The van der Waals surface area contributed by atoms with Gasteiger partial charge < -0.3 is 15.0 Å². The van der Waals surface area contributed by atoms with Crippen LogP contribution in [0.2, 0.25) is 0 Å². The highest BCUT2D eigenvalue weighted by molar-refractivity contribution is 5.75. The molecule has 1 aromatic carbocycles. The maximum Gasteiger partial charge on any atom is 0.317 e. The number of carbonyl (C=O) groups is 1. The second-order valence-corrected chi connectivity index (χ2v) is 8.14. The fourth-order valence-corrected chi connectivity index (χ4v) is 3.64. The number of nitrogens with zero attached hydrogens (tertiary/aromatic N) is 1. The summed E-state index contributed by atoms with van der Waals surface area (Å²) in [6, 6.07) is 9.09. The van der Waals surface area contributed by atoms with E-state index in [9.17, 15) is 4.79 Å². The summed E-state index contributed by atoms with van der Waals surface area (Å²) in [5, 5.41) is 3.11. The van der Waals surface area contributed by atoms with Crippen LogP contribution in [0.3, 0.4) is 0 Å². The zero-order chi connectivity index (χ0) is 17.2. The van der Waals surface area contributed by atoms with E-state index in [0.717, 1.165) is 45.6 Å². The van der Waals surface area contributed by atoms with Gasteiger partial charge in [-0.2, -0.15) is 0 Å². The second-order valence-electron chi connectivity index (χ2n) is 8.14. The normalized spacial score (nSPS) is 24.4. The molecule has 2 amide bonds. The molecule has 2 fully saturated rings. The van der Waals surface area contributed by atoms with E-state index < -0.39 is 0 Å². The lowest BCUT2D eigenvalue weighted by Crippen LogP contribution is -2.41. The predicted octanol–water partition coefficient (Wildman–Crippen LogP) is 3.87. The monoisotopic (exact) mass is 330 g/mol. The van der Waals surface area contributed by atoms with E-state index in [-0.39, 0.29) is 17.5 Å². The first kappa shape index (κ1) is 17.3. The van der Waals surface area contributed by atoms with E-state index in [1.54, 1.807) is 0 Å². The summed E-state index contributed by atoms with van der Waals surface area (Å²) in [7, 11) is 0. The first-order chi connectivity index (χ1) is 11.4. The van der Waals surface area contributed by atoms with Crippen LogP contribution < -0.4 is 5.32 Å². The van der Waals surface area contributed by atoms with Crippen LogP contribution >= 0.6 is 0 Å². The molecule has 24 heavy (non-hydrogen) atoms. The number of hydrogen-bond acceptors (Lipinski definition) is 2. The van der Waals surface area contributed by atoms with Crippen LogP contribution in [-0.2, 0) is 10.2 Å². The number of nitrogens with one attached hydrogen (secondary N) is 1. The predicted molar refractivity (Wildman–Crippen MR) is 96.1 cm³/mol. The molecule has 2 aliphatic heterocycles. The lowest BCUT2D eigenvalue weighted by molar-refractivity contribution is 0.179. The van der Waals surface area contributed by atoms with Crippen LogP contribution in [0.5, 0.6) is 0 Å². The molecule has 4 nitrogen and oxygen atoms in total. The molecule has 0 aromatic heterocycles. The van der Waals surface area contributed by atoms with E-state index in [1.165, 1.54) is 11.1 Å². The third kappa shape index (κ3) is 3.92. The van der Waals surface area contributed by atoms with Gasteiger partial charge in [-0.25, -0.2) is 4.79 Å². The molecular weight excluding hydrogens is 300 g/mol. The number of amides is 2. The number of rotatable bonds is 3. The van der Waals surface area contributed by atoms with Crippen molar-refractivity contribution >= 4 is 6.03 Å². The molecule has 3 rings (SSSR count). The van der Waals surface area contributed by atoms with Gasteiger partial charge in [0.05, 0.1) is 12.6 Å². The summed E-state index contributed by atoms with van der Waals surface area (Å²) in [5.41, 5.74) is 2.75. The Morgan fingerprint density at radius 2 is 2.00 bits per heavy atom. The van der Waals surface area contributed by atoms with E-state index in [4.69, 9.17) is 4.74 Å². The Kier molecular flexibility index (Phi) is 5.14. The van der Waals surface area contributed by atoms with Gasteiger partial charge in [0.1, 0.15) is 0 Å². The van der Waals surface area contributed by atoms with Gasteiger partial charge in [0.15, 0.2) is 0 Å². The third-order valence-electron chi connectivity index (χ3n) is 5.24. The van der Waals surface area contributed by atoms with Crippen molar-refractivity contribution in [1.82, 2.24) is 10.2 Å². The van der Waals surface area contributed by atoms with E-state index in [1.807, 2.05) is 4.90 Å². The average Bonchev–Trinajstić information content (AvgIpc) is 3.23. The minimum Gasteiger partial charge on any atom is -0.381 e. The highest BCUT2D eigenvalue weighted by Gasteiger charge is 2.30. The molecular formula is C20H30N2O2. The van der Waals surface area contributed by atoms with Crippen LogP contribution in [0.25, 0.3) is 0 Å². The van der Waals surface area contributed by atoms with Gasteiger partial charge in [-0.3, -0.25) is 0 Å². The molecule has 4 heteroatoms. The van der Waals surface area contributed by atoms with Gasteiger partial charge >= 0.3 is 6.03 Å². The Morgan fingerprint density at radius 3 is 2.62 bits per heavy atom. The van der Waals surface area contributed by atoms with Crippen LogP contribution in [0.15, 0.2) is 24.3 Å². The molecule has 1 aromatic rings. The molecule has 132 valence electrons. The number of benzene rings is 1. The largest absolute Gasteiger partial charge is 0.381 e. The standard InChI is InChI=1S/C20H30N2O2/c1-20(2,3)17-8-6-16(7-9-17)18-5-4-11-22(18)19(23)21-13-15-10-12-24-14-15/h6-9,15,18H,4-5,10-14H2,1-3H3,(H,21,23)/t15-,18+/m0/s1. The third-order valence-corrected chi connectivity index (χ3v) is 5.24. The molecule has 2 aliphatic rings. The zero-order valence-electron chi connectivity index (χ0n) is 15.2. The zero-order valence-corrected chi connectivity index (χ0v) is 15.2. The van der Waals surface area contributed by atoms with Gasteiger partial charge in [0.25, 0.3) is 0 Å². The Hall–Kier alpha value is -1.55. The molecule has 0 spiro atoms. The Bertz CT molecular complexity index is 556. The molecule has 2 heterocycles. The number of likely N-dealkylation sites (tertiary alicyclic amines) is 1. The summed E-state index contributed by atoms with van der Waals surface area (Å²) in [6.07, 6.45) is 3.18. The maximum absolute atomic E-state index is 12.6. The lowest BCUT2D eigenvalue weighted by atomic mass is 9.86. The lowest BCUT2D eigenvalue weighted by Gasteiger charge is -2.27. The van der Waals surface area contributed by atoms with Crippen molar-refractivity contribution < 1.29 is 9.53 Å². The van der Waals surface area contributed by atoms with Crippen molar-refractivity contribution in [2.75, 3.05) is 26.3 Å². The Balaban J connectivity index is 1.62.